The van der Waals surface area contributed by atoms with Gasteiger partial charge in [-0.05, 0) is 48.8 Å². The molecule has 1 aromatic carbocycles. The summed E-state index contributed by atoms with van der Waals surface area (Å²) >= 11 is 0. The molecule has 1 rings (SSSR count). The van der Waals surface area contributed by atoms with Gasteiger partial charge in [0.25, 0.3) is 0 Å². The Morgan fingerprint density at radius 1 is 1.25 bits per heavy atom. The average molecular weight is 276 g/mol. The third kappa shape index (κ3) is 5.24. The Morgan fingerprint density at radius 2 is 1.85 bits per heavy atom. The number of carbonyl (C=O) groups is 1. The molecule has 1 unspecified atom stereocenters. The van der Waals surface area contributed by atoms with Crippen LogP contribution < -0.4 is 11.1 Å². The summed E-state index contributed by atoms with van der Waals surface area (Å²) in [5.41, 5.74) is 9.78. The molecule has 1 aromatic rings. The number of anilines is 2. The second kappa shape index (κ2) is 6.29. The van der Waals surface area contributed by atoms with Gasteiger partial charge in [0.2, 0.25) is 5.91 Å². The molecule has 0 aliphatic heterocycles. The highest BCUT2D eigenvalue weighted by molar-refractivity contribution is 5.92. The van der Waals surface area contributed by atoms with Gasteiger partial charge < -0.3 is 11.1 Å². The molecule has 0 heterocycles. The third-order valence-electron chi connectivity index (χ3n) is 3.38. The molecule has 0 radical (unpaired) electrons. The minimum atomic E-state index is 0.0631. The fourth-order valence-electron chi connectivity index (χ4n) is 2.64. The number of nitrogens with two attached hydrogens (primary N) is 1. The van der Waals surface area contributed by atoms with Gasteiger partial charge in [0.15, 0.2) is 0 Å². The standard InChI is InChI=1S/C17H28N2O/c1-11(10-17(4,5)6)7-16(20)19-15-9-14(18)12(2)8-13(15)3/h8-9,11H,7,10,18H2,1-6H3,(H,19,20). The largest absolute Gasteiger partial charge is 0.398 e. The Balaban J connectivity index is 2.65. The first kappa shape index (κ1) is 16.5. The van der Waals surface area contributed by atoms with Gasteiger partial charge in [0, 0.05) is 17.8 Å². The van der Waals surface area contributed by atoms with Crippen molar-refractivity contribution in [3.8, 4) is 0 Å². The normalized spacial score (nSPS) is 13.1. The first-order valence-corrected chi connectivity index (χ1v) is 7.25. The highest BCUT2D eigenvalue weighted by atomic mass is 16.1. The number of nitrogens with one attached hydrogen (secondary N) is 1. The molecule has 0 aliphatic rings. The molecule has 1 atom stereocenters. The van der Waals surface area contributed by atoms with E-state index in [2.05, 4.69) is 33.0 Å². The van der Waals surface area contributed by atoms with Crippen LogP contribution in [-0.2, 0) is 4.79 Å². The highest BCUT2D eigenvalue weighted by Crippen LogP contribution is 2.27. The van der Waals surface area contributed by atoms with E-state index in [9.17, 15) is 4.79 Å². The lowest BCUT2D eigenvalue weighted by Crippen LogP contribution is -2.19. The Hall–Kier alpha value is -1.51. The Kier molecular flexibility index (Phi) is 5.21. The van der Waals surface area contributed by atoms with E-state index in [4.69, 9.17) is 5.73 Å². The van der Waals surface area contributed by atoms with E-state index >= 15 is 0 Å². The van der Waals surface area contributed by atoms with Crippen molar-refractivity contribution >= 4 is 17.3 Å². The summed E-state index contributed by atoms with van der Waals surface area (Å²) in [6, 6.07) is 3.85. The minimum Gasteiger partial charge on any atom is -0.398 e. The second-order valence-corrected chi connectivity index (χ2v) is 7.15. The van der Waals surface area contributed by atoms with Gasteiger partial charge in [-0.25, -0.2) is 0 Å². The van der Waals surface area contributed by atoms with Crippen LogP contribution in [0, 0.1) is 25.2 Å². The van der Waals surface area contributed by atoms with Gasteiger partial charge in [0.1, 0.15) is 0 Å². The maximum Gasteiger partial charge on any atom is 0.224 e. The van der Waals surface area contributed by atoms with E-state index in [1.54, 1.807) is 0 Å². The molecule has 3 heteroatoms. The monoisotopic (exact) mass is 276 g/mol. The molecule has 1 amide bonds. The number of hydrogen-bond donors (Lipinski definition) is 2. The lowest BCUT2D eigenvalue weighted by molar-refractivity contribution is -0.117. The molecule has 3 nitrogen and oxygen atoms in total. The lowest BCUT2D eigenvalue weighted by Gasteiger charge is -2.23. The van der Waals surface area contributed by atoms with Gasteiger partial charge in [-0.2, -0.15) is 0 Å². The molecule has 0 aromatic heterocycles. The number of rotatable bonds is 4. The SMILES string of the molecule is Cc1cc(C)c(NC(=O)CC(C)CC(C)(C)C)cc1N. The number of amides is 1. The van der Waals surface area contributed by atoms with Crippen LogP contribution in [0.3, 0.4) is 0 Å². The van der Waals surface area contributed by atoms with E-state index in [1.807, 2.05) is 26.0 Å². The summed E-state index contributed by atoms with van der Waals surface area (Å²) in [5.74, 6) is 0.436. The summed E-state index contributed by atoms with van der Waals surface area (Å²) < 4.78 is 0. The third-order valence-corrected chi connectivity index (χ3v) is 3.38. The molecule has 0 bridgehead atoms. The topological polar surface area (TPSA) is 55.1 Å². The minimum absolute atomic E-state index is 0.0631. The highest BCUT2D eigenvalue weighted by Gasteiger charge is 2.18. The van der Waals surface area contributed by atoms with E-state index in [0.717, 1.165) is 23.2 Å². The van der Waals surface area contributed by atoms with Crippen LogP contribution in [0.2, 0.25) is 0 Å². The summed E-state index contributed by atoms with van der Waals surface area (Å²) in [6.07, 6.45) is 1.58. The van der Waals surface area contributed by atoms with Gasteiger partial charge >= 0.3 is 0 Å². The molecule has 0 aliphatic carbocycles. The lowest BCUT2D eigenvalue weighted by atomic mass is 9.84. The molecule has 0 fully saturated rings. The fourth-order valence-corrected chi connectivity index (χ4v) is 2.64. The van der Waals surface area contributed by atoms with E-state index in [0.29, 0.717) is 18.0 Å². The van der Waals surface area contributed by atoms with Crippen molar-refractivity contribution in [3.63, 3.8) is 0 Å². The van der Waals surface area contributed by atoms with Crippen LogP contribution in [0.4, 0.5) is 11.4 Å². The summed E-state index contributed by atoms with van der Waals surface area (Å²) in [5, 5.41) is 2.98. The van der Waals surface area contributed by atoms with Crippen molar-refractivity contribution in [1.29, 1.82) is 0 Å². The number of carbonyl (C=O) groups excluding carboxylic acids is 1. The van der Waals surface area contributed by atoms with Crippen molar-refractivity contribution in [2.45, 2.75) is 54.4 Å². The zero-order chi connectivity index (χ0) is 15.5. The van der Waals surface area contributed by atoms with Crippen LogP contribution in [0.1, 0.15) is 51.7 Å². The van der Waals surface area contributed by atoms with Crippen LogP contribution in [0.15, 0.2) is 12.1 Å². The molecular formula is C17H28N2O. The van der Waals surface area contributed by atoms with Crippen LogP contribution in [-0.4, -0.2) is 5.91 Å². The van der Waals surface area contributed by atoms with Crippen LogP contribution in [0.5, 0.6) is 0 Å². The molecule has 20 heavy (non-hydrogen) atoms. The molecular weight excluding hydrogens is 248 g/mol. The van der Waals surface area contributed by atoms with Crippen molar-refractivity contribution in [2.24, 2.45) is 11.3 Å². The molecule has 0 spiro atoms. The van der Waals surface area contributed by atoms with Crippen LogP contribution in [0.25, 0.3) is 0 Å². The number of hydrogen-bond acceptors (Lipinski definition) is 2. The van der Waals surface area contributed by atoms with Crippen molar-refractivity contribution in [3.05, 3.63) is 23.3 Å². The maximum atomic E-state index is 12.1. The zero-order valence-electron chi connectivity index (χ0n) is 13.6. The predicted octanol–water partition coefficient (Wildman–Crippen LogP) is 4.29. The Labute approximate surface area is 122 Å². The molecule has 3 N–H and O–H groups in total. The van der Waals surface area contributed by atoms with Crippen molar-refractivity contribution < 1.29 is 4.79 Å². The predicted molar refractivity (Wildman–Crippen MR) is 86.8 cm³/mol. The first-order chi connectivity index (χ1) is 9.08. The van der Waals surface area contributed by atoms with Gasteiger partial charge in [-0.1, -0.05) is 33.8 Å². The van der Waals surface area contributed by atoms with E-state index in [-0.39, 0.29) is 11.3 Å². The van der Waals surface area contributed by atoms with Gasteiger partial charge in [0.05, 0.1) is 0 Å². The van der Waals surface area contributed by atoms with Crippen LogP contribution >= 0.6 is 0 Å². The fraction of sp³-hybridized carbons (Fsp3) is 0.588. The van der Waals surface area contributed by atoms with Gasteiger partial charge in [-0.3, -0.25) is 4.79 Å². The Bertz CT molecular complexity index is 486. The second-order valence-electron chi connectivity index (χ2n) is 7.15. The number of aryl methyl sites for hydroxylation is 2. The smallest absolute Gasteiger partial charge is 0.224 e. The van der Waals surface area contributed by atoms with E-state index in [1.165, 1.54) is 0 Å². The number of benzene rings is 1. The first-order valence-electron chi connectivity index (χ1n) is 7.25. The average Bonchev–Trinajstić information content (AvgIpc) is 2.22. The van der Waals surface area contributed by atoms with Crippen molar-refractivity contribution in [2.75, 3.05) is 11.1 Å². The molecule has 0 saturated heterocycles. The molecule has 0 saturated carbocycles. The number of nitrogen functional groups attached to an aromatic ring is 1. The molecule has 112 valence electrons. The Morgan fingerprint density at radius 3 is 2.40 bits per heavy atom. The summed E-state index contributed by atoms with van der Waals surface area (Å²) in [7, 11) is 0. The van der Waals surface area contributed by atoms with E-state index < -0.39 is 0 Å². The quantitative estimate of drug-likeness (QED) is 0.806. The van der Waals surface area contributed by atoms with Crippen molar-refractivity contribution in [1.82, 2.24) is 0 Å². The maximum absolute atomic E-state index is 12.1. The summed E-state index contributed by atoms with van der Waals surface area (Å²) in [6.45, 7) is 12.7. The zero-order valence-corrected chi connectivity index (χ0v) is 13.6. The summed E-state index contributed by atoms with van der Waals surface area (Å²) in [4.78, 5) is 12.1. The van der Waals surface area contributed by atoms with Gasteiger partial charge in [-0.15, -0.1) is 0 Å².